The maximum Gasteiger partial charge on any atom is 0.191 e. The largest absolute Gasteiger partial charge is 0.377 e. The monoisotopic (exact) mass is 443 g/mol. The van der Waals surface area contributed by atoms with Crippen molar-refractivity contribution in [2.45, 2.75) is 52.8 Å². The molecule has 1 saturated heterocycles. The Kier molecular flexibility index (Phi) is 6.53. The van der Waals surface area contributed by atoms with E-state index in [1.165, 1.54) is 11.1 Å². The first kappa shape index (κ1) is 19.5. The Labute approximate surface area is 162 Å². The second-order valence-electron chi connectivity index (χ2n) is 7.37. The van der Waals surface area contributed by atoms with Crippen LogP contribution in [0.15, 0.2) is 29.3 Å². The van der Waals surface area contributed by atoms with Crippen molar-refractivity contribution in [2.75, 3.05) is 13.2 Å². The number of halogens is 1. The van der Waals surface area contributed by atoms with Gasteiger partial charge in [0.05, 0.1) is 12.6 Å². The minimum atomic E-state index is 0. The highest BCUT2D eigenvalue weighted by atomic mass is 127. The van der Waals surface area contributed by atoms with Crippen LogP contribution < -0.4 is 10.6 Å². The molecular formula is C19H30IN3O. The lowest BCUT2D eigenvalue weighted by Gasteiger charge is -2.54. The fourth-order valence-corrected chi connectivity index (χ4v) is 4.07. The van der Waals surface area contributed by atoms with Gasteiger partial charge in [0.15, 0.2) is 5.96 Å². The van der Waals surface area contributed by atoms with Gasteiger partial charge in [-0.3, -0.25) is 0 Å². The lowest BCUT2D eigenvalue weighted by atomic mass is 9.57. The molecule has 0 bridgehead atoms. The molecule has 2 N–H and O–H groups in total. The molecule has 134 valence electrons. The van der Waals surface area contributed by atoms with Gasteiger partial charge in [-0.1, -0.05) is 43.7 Å². The van der Waals surface area contributed by atoms with Gasteiger partial charge in [0.2, 0.25) is 0 Å². The van der Waals surface area contributed by atoms with Crippen LogP contribution in [0.3, 0.4) is 0 Å². The predicted molar refractivity (Wildman–Crippen MR) is 110 cm³/mol. The molecular weight excluding hydrogens is 413 g/mol. The van der Waals surface area contributed by atoms with Crippen LogP contribution in [0.25, 0.3) is 0 Å². The van der Waals surface area contributed by atoms with Crippen molar-refractivity contribution in [3.8, 4) is 0 Å². The van der Waals surface area contributed by atoms with Crippen LogP contribution in [0, 0.1) is 18.3 Å². The Morgan fingerprint density at radius 2 is 2.17 bits per heavy atom. The zero-order valence-electron chi connectivity index (χ0n) is 15.1. The summed E-state index contributed by atoms with van der Waals surface area (Å²) in [5, 5.41) is 7.04. The number of aliphatic imine (C=N–C) groups is 1. The summed E-state index contributed by atoms with van der Waals surface area (Å²) in [7, 11) is 0. The number of aryl methyl sites for hydroxylation is 1. The van der Waals surface area contributed by atoms with Gasteiger partial charge in [0, 0.05) is 30.5 Å². The molecule has 3 rings (SSSR count). The van der Waals surface area contributed by atoms with E-state index in [1.807, 2.05) is 0 Å². The average Bonchev–Trinajstić information content (AvgIpc) is 2.97. The number of ether oxygens (including phenoxy) is 1. The fourth-order valence-electron chi connectivity index (χ4n) is 4.07. The Morgan fingerprint density at radius 3 is 2.88 bits per heavy atom. The first-order valence-corrected chi connectivity index (χ1v) is 8.74. The topological polar surface area (TPSA) is 45.7 Å². The first-order chi connectivity index (χ1) is 11.0. The number of nitrogens with zero attached hydrogens (tertiary/aromatic N) is 1. The molecule has 1 aliphatic heterocycles. The van der Waals surface area contributed by atoms with E-state index < -0.39 is 0 Å². The molecule has 1 aromatic carbocycles. The van der Waals surface area contributed by atoms with Gasteiger partial charge >= 0.3 is 0 Å². The van der Waals surface area contributed by atoms with Gasteiger partial charge in [-0.2, -0.15) is 0 Å². The number of hydrogen-bond donors (Lipinski definition) is 2. The van der Waals surface area contributed by atoms with E-state index >= 15 is 0 Å². The molecule has 1 saturated carbocycles. The number of hydrogen-bond acceptors (Lipinski definition) is 2. The average molecular weight is 443 g/mol. The van der Waals surface area contributed by atoms with Gasteiger partial charge in [-0.25, -0.2) is 4.99 Å². The zero-order chi connectivity index (χ0) is 16.4. The van der Waals surface area contributed by atoms with Crippen LogP contribution in [0.4, 0.5) is 0 Å². The first-order valence-electron chi connectivity index (χ1n) is 8.74. The third-order valence-corrected chi connectivity index (χ3v) is 5.24. The third kappa shape index (κ3) is 3.87. The summed E-state index contributed by atoms with van der Waals surface area (Å²) < 4.78 is 5.88. The van der Waals surface area contributed by atoms with Gasteiger partial charge < -0.3 is 15.4 Å². The van der Waals surface area contributed by atoms with Crippen molar-refractivity contribution in [1.29, 1.82) is 0 Å². The predicted octanol–water partition coefficient (Wildman–Crippen LogP) is 3.48. The van der Waals surface area contributed by atoms with Crippen LogP contribution in [0.1, 0.15) is 38.3 Å². The molecule has 1 aliphatic carbocycles. The quantitative estimate of drug-likeness (QED) is 0.426. The second-order valence-corrected chi connectivity index (χ2v) is 7.37. The number of rotatable bonds is 4. The summed E-state index contributed by atoms with van der Waals surface area (Å²) in [6.07, 6.45) is 1.56. The Balaban J connectivity index is 0.00000208. The minimum absolute atomic E-state index is 0. The molecule has 0 aromatic heterocycles. The lowest BCUT2D eigenvalue weighted by molar-refractivity contribution is -0.106. The lowest BCUT2D eigenvalue weighted by Crippen LogP contribution is -2.67. The van der Waals surface area contributed by atoms with Crippen molar-refractivity contribution in [3.05, 3.63) is 35.4 Å². The molecule has 3 atom stereocenters. The molecule has 2 fully saturated rings. The molecule has 5 heteroatoms. The van der Waals surface area contributed by atoms with Gasteiger partial charge in [-0.15, -0.1) is 24.0 Å². The Bertz CT molecular complexity index is 588. The van der Waals surface area contributed by atoms with Crippen LogP contribution in [-0.2, 0) is 11.3 Å². The van der Waals surface area contributed by atoms with Crippen molar-refractivity contribution >= 4 is 29.9 Å². The van der Waals surface area contributed by atoms with E-state index in [2.05, 4.69) is 62.6 Å². The summed E-state index contributed by atoms with van der Waals surface area (Å²) in [4.78, 5) is 4.78. The molecule has 1 aromatic rings. The zero-order valence-corrected chi connectivity index (χ0v) is 17.5. The number of guanidine groups is 1. The number of nitrogens with one attached hydrogen (secondary N) is 2. The summed E-state index contributed by atoms with van der Waals surface area (Å²) in [5.41, 5.74) is 2.69. The Hall–Kier alpha value is -0.820. The van der Waals surface area contributed by atoms with Gasteiger partial charge in [0.1, 0.15) is 0 Å². The van der Waals surface area contributed by atoms with E-state index in [1.54, 1.807) is 0 Å². The highest BCUT2D eigenvalue weighted by Gasteiger charge is 2.59. The van der Waals surface area contributed by atoms with Crippen molar-refractivity contribution < 1.29 is 4.74 Å². The molecule has 3 unspecified atom stereocenters. The molecule has 24 heavy (non-hydrogen) atoms. The summed E-state index contributed by atoms with van der Waals surface area (Å²) in [6.45, 7) is 11.3. The highest BCUT2D eigenvalue weighted by molar-refractivity contribution is 14.0. The highest BCUT2D eigenvalue weighted by Crippen LogP contribution is 2.52. The van der Waals surface area contributed by atoms with Crippen LogP contribution in [-0.4, -0.2) is 31.3 Å². The van der Waals surface area contributed by atoms with Crippen molar-refractivity contribution in [3.63, 3.8) is 0 Å². The SMILES string of the molecule is CCNC(=NCc1cccc(C)c1)NC1C2CCOC2C1(C)C.I. The summed E-state index contributed by atoms with van der Waals surface area (Å²) >= 11 is 0. The summed E-state index contributed by atoms with van der Waals surface area (Å²) in [6, 6.07) is 8.98. The third-order valence-electron chi connectivity index (χ3n) is 5.24. The van der Waals surface area contributed by atoms with E-state index in [0.29, 0.717) is 24.6 Å². The molecule has 0 spiro atoms. The van der Waals surface area contributed by atoms with Crippen molar-refractivity contribution in [2.24, 2.45) is 16.3 Å². The van der Waals surface area contributed by atoms with E-state index in [4.69, 9.17) is 9.73 Å². The molecule has 2 aliphatic rings. The number of benzene rings is 1. The standard InChI is InChI=1S/C19H29N3O.HI/c1-5-20-18(21-12-14-8-6-7-13(2)11-14)22-16-15-9-10-23-17(15)19(16,3)4;/h6-8,11,15-17H,5,9-10,12H2,1-4H3,(H2,20,21,22);1H. The van der Waals surface area contributed by atoms with Crippen LogP contribution in [0.2, 0.25) is 0 Å². The smallest absolute Gasteiger partial charge is 0.191 e. The second kappa shape index (κ2) is 8.04. The van der Waals surface area contributed by atoms with Crippen LogP contribution >= 0.6 is 24.0 Å². The van der Waals surface area contributed by atoms with Gasteiger partial charge in [0.25, 0.3) is 0 Å². The summed E-state index contributed by atoms with van der Waals surface area (Å²) in [5.74, 6) is 1.53. The Morgan fingerprint density at radius 1 is 1.38 bits per heavy atom. The van der Waals surface area contributed by atoms with E-state index in [0.717, 1.165) is 25.5 Å². The molecule has 4 nitrogen and oxygen atoms in total. The molecule has 0 radical (unpaired) electrons. The van der Waals surface area contributed by atoms with Gasteiger partial charge in [-0.05, 0) is 25.8 Å². The number of fused-ring (bicyclic) bond motifs is 1. The van der Waals surface area contributed by atoms with E-state index in [9.17, 15) is 0 Å². The van der Waals surface area contributed by atoms with Crippen molar-refractivity contribution in [1.82, 2.24) is 10.6 Å². The maximum atomic E-state index is 5.88. The van der Waals surface area contributed by atoms with E-state index in [-0.39, 0.29) is 29.4 Å². The fraction of sp³-hybridized carbons (Fsp3) is 0.632. The maximum absolute atomic E-state index is 5.88. The minimum Gasteiger partial charge on any atom is -0.377 e. The van der Waals surface area contributed by atoms with Crippen LogP contribution in [0.5, 0.6) is 0 Å². The normalized spacial score (nSPS) is 27.7. The molecule has 1 heterocycles. The molecule has 0 amide bonds.